The van der Waals surface area contributed by atoms with Gasteiger partial charge in [-0.2, -0.15) is 0 Å². The summed E-state index contributed by atoms with van der Waals surface area (Å²) in [5.41, 5.74) is 3.08. The van der Waals surface area contributed by atoms with E-state index in [1.807, 2.05) is 26.0 Å². The normalized spacial score (nSPS) is 13.9. The molecule has 0 bridgehead atoms. The van der Waals surface area contributed by atoms with Crippen LogP contribution in [0.5, 0.6) is 0 Å². The van der Waals surface area contributed by atoms with Gasteiger partial charge in [-0.05, 0) is 44.5 Å². The van der Waals surface area contributed by atoms with Gasteiger partial charge in [0.2, 0.25) is 0 Å². The maximum absolute atomic E-state index is 12.4. The molecule has 0 aliphatic carbocycles. The molecule has 144 valence electrons. The Kier molecular flexibility index (Phi) is 5.26. The Hall–Kier alpha value is -3.48. The predicted octanol–water partition coefficient (Wildman–Crippen LogP) is 2.47. The molecule has 0 unspecified atom stereocenters. The zero-order chi connectivity index (χ0) is 20.4. The van der Waals surface area contributed by atoms with Crippen LogP contribution >= 0.6 is 0 Å². The van der Waals surface area contributed by atoms with E-state index in [4.69, 9.17) is 4.74 Å². The number of ether oxygens (including phenoxy) is 1. The van der Waals surface area contributed by atoms with Gasteiger partial charge in [-0.3, -0.25) is 19.3 Å². The lowest BCUT2D eigenvalue weighted by Crippen LogP contribution is -2.44. The molecule has 7 nitrogen and oxygen atoms in total. The summed E-state index contributed by atoms with van der Waals surface area (Å²) in [4.78, 5) is 50.0. The van der Waals surface area contributed by atoms with E-state index in [-0.39, 0.29) is 11.1 Å². The molecule has 3 amide bonds. The van der Waals surface area contributed by atoms with Gasteiger partial charge in [0.25, 0.3) is 17.7 Å². The first kappa shape index (κ1) is 19.3. The van der Waals surface area contributed by atoms with Gasteiger partial charge >= 0.3 is 5.97 Å². The smallest absolute Gasteiger partial charge is 0.329 e. The molecule has 1 N–H and O–H groups in total. The Morgan fingerprint density at radius 3 is 2.21 bits per heavy atom. The number of esters is 1. The van der Waals surface area contributed by atoms with Gasteiger partial charge in [0.1, 0.15) is 6.04 Å². The molecule has 2 aromatic rings. The average molecular weight is 380 g/mol. The SMILES string of the molecule is Cc1ccc(NC(=O)COC(=O)[C@@H](C)N2C(=O)c3ccccc3C2=O)c(C)c1. The Morgan fingerprint density at radius 2 is 1.64 bits per heavy atom. The van der Waals surface area contributed by atoms with E-state index < -0.39 is 36.3 Å². The highest BCUT2D eigenvalue weighted by Gasteiger charge is 2.41. The number of fused-ring (bicyclic) bond motifs is 1. The van der Waals surface area contributed by atoms with Crippen LogP contribution < -0.4 is 5.32 Å². The van der Waals surface area contributed by atoms with E-state index in [0.29, 0.717) is 5.69 Å². The maximum atomic E-state index is 12.4. The van der Waals surface area contributed by atoms with Crippen LogP contribution in [0.25, 0.3) is 0 Å². The number of hydrogen-bond acceptors (Lipinski definition) is 5. The minimum absolute atomic E-state index is 0.250. The largest absolute Gasteiger partial charge is 0.454 e. The number of carbonyl (C=O) groups excluding carboxylic acids is 4. The van der Waals surface area contributed by atoms with Gasteiger partial charge in [0.15, 0.2) is 6.61 Å². The Morgan fingerprint density at radius 1 is 1.04 bits per heavy atom. The topological polar surface area (TPSA) is 92.8 Å². The minimum atomic E-state index is -1.14. The first-order valence-electron chi connectivity index (χ1n) is 8.80. The summed E-state index contributed by atoms with van der Waals surface area (Å²) < 4.78 is 5.01. The third-order valence-corrected chi connectivity index (χ3v) is 4.56. The fraction of sp³-hybridized carbons (Fsp3) is 0.238. The Balaban J connectivity index is 1.60. The fourth-order valence-electron chi connectivity index (χ4n) is 3.06. The lowest BCUT2D eigenvalue weighted by Gasteiger charge is -2.20. The van der Waals surface area contributed by atoms with Gasteiger partial charge in [0, 0.05) is 5.69 Å². The zero-order valence-corrected chi connectivity index (χ0v) is 15.8. The second-order valence-electron chi connectivity index (χ2n) is 6.68. The van der Waals surface area contributed by atoms with Crippen LogP contribution in [-0.2, 0) is 14.3 Å². The van der Waals surface area contributed by atoms with Crippen molar-refractivity contribution in [1.29, 1.82) is 0 Å². The Bertz CT molecular complexity index is 948. The molecule has 3 rings (SSSR count). The first-order chi connectivity index (χ1) is 13.3. The van der Waals surface area contributed by atoms with Gasteiger partial charge in [-0.25, -0.2) is 4.79 Å². The quantitative estimate of drug-likeness (QED) is 0.635. The van der Waals surface area contributed by atoms with Crippen LogP contribution in [0, 0.1) is 13.8 Å². The number of benzene rings is 2. The van der Waals surface area contributed by atoms with Crippen LogP contribution in [0.1, 0.15) is 38.8 Å². The molecule has 1 atom stereocenters. The molecule has 1 aliphatic rings. The zero-order valence-electron chi connectivity index (χ0n) is 15.8. The van der Waals surface area contributed by atoms with Crippen LogP contribution in [0.2, 0.25) is 0 Å². The highest BCUT2D eigenvalue weighted by molar-refractivity contribution is 6.22. The van der Waals surface area contributed by atoms with Gasteiger partial charge < -0.3 is 10.1 Å². The molecule has 28 heavy (non-hydrogen) atoms. The molecule has 0 radical (unpaired) electrons. The van der Waals surface area contributed by atoms with E-state index in [1.165, 1.54) is 19.1 Å². The molecule has 0 saturated carbocycles. The van der Waals surface area contributed by atoms with Crippen LogP contribution in [0.3, 0.4) is 0 Å². The van der Waals surface area contributed by atoms with Gasteiger partial charge in [0.05, 0.1) is 11.1 Å². The molecule has 0 spiro atoms. The number of anilines is 1. The van der Waals surface area contributed by atoms with E-state index in [0.717, 1.165) is 16.0 Å². The van der Waals surface area contributed by atoms with Crippen molar-refractivity contribution in [3.05, 3.63) is 64.7 Å². The van der Waals surface area contributed by atoms with Crippen molar-refractivity contribution in [2.75, 3.05) is 11.9 Å². The number of hydrogen-bond donors (Lipinski definition) is 1. The first-order valence-corrected chi connectivity index (χ1v) is 8.80. The number of nitrogens with one attached hydrogen (secondary N) is 1. The molecule has 2 aromatic carbocycles. The molecular formula is C21H20N2O5. The summed E-state index contributed by atoms with van der Waals surface area (Å²) in [7, 11) is 0. The van der Waals surface area contributed by atoms with Crippen molar-refractivity contribution in [1.82, 2.24) is 4.90 Å². The fourth-order valence-corrected chi connectivity index (χ4v) is 3.06. The molecule has 0 saturated heterocycles. The van der Waals surface area contributed by atoms with E-state index in [9.17, 15) is 19.2 Å². The second-order valence-corrected chi connectivity index (χ2v) is 6.68. The molecule has 0 fully saturated rings. The summed E-state index contributed by atoms with van der Waals surface area (Å²) in [5.74, 6) is -2.44. The van der Waals surface area contributed by atoms with Crippen LogP contribution in [-0.4, -0.2) is 41.2 Å². The summed E-state index contributed by atoms with van der Waals surface area (Å²) >= 11 is 0. The molecule has 1 aliphatic heterocycles. The highest BCUT2D eigenvalue weighted by atomic mass is 16.5. The van der Waals surface area contributed by atoms with Crippen molar-refractivity contribution < 1.29 is 23.9 Å². The minimum Gasteiger partial charge on any atom is -0.454 e. The summed E-state index contributed by atoms with van der Waals surface area (Å²) in [5, 5.41) is 2.67. The number of nitrogens with zero attached hydrogens (tertiary/aromatic N) is 1. The monoisotopic (exact) mass is 380 g/mol. The lowest BCUT2D eigenvalue weighted by atomic mass is 10.1. The molecule has 7 heteroatoms. The van der Waals surface area contributed by atoms with Crippen molar-refractivity contribution in [2.45, 2.75) is 26.8 Å². The summed E-state index contributed by atoms with van der Waals surface area (Å²) in [6.45, 7) is 4.69. The second kappa shape index (κ2) is 7.64. The van der Waals surface area contributed by atoms with Gasteiger partial charge in [-0.1, -0.05) is 29.8 Å². The highest BCUT2D eigenvalue weighted by Crippen LogP contribution is 2.24. The van der Waals surface area contributed by atoms with E-state index in [2.05, 4.69) is 5.32 Å². The number of rotatable bonds is 5. The van der Waals surface area contributed by atoms with Gasteiger partial charge in [-0.15, -0.1) is 0 Å². The van der Waals surface area contributed by atoms with Crippen molar-refractivity contribution in [3.63, 3.8) is 0 Å². The van der Waals surface area contributed by atoms with Crippen molar-refractivity contribution >= 4 is 29.4 Å². The summed E-state index contributed by atoms with van der Waals surface area (Å²) in [6.07, 6.45) is 0. The van der Waals surface area contributed by atoms with E-state index in [1.54, 1.807) is 18.2 Å². The maximum Gasteiger partial charge on any atom is 0.329 e. The third-order valence-electron chi connectivity index (χ3n) is 4.56. The average Bonchev–Trinajstić information content (AvgIpc) is 2.92. The number of imide groups is 1. The summed E-state index contributed by atoms with van der Waals surface area (Å²) in [6, 6.07) is 10.8. The third kappa shape index (κ3) is 3.64. The van der Waals surface area contributed by atoms with Crippen molar-refractivity contribution in [3.8, 4) is 0 Å². The molecular weight excluding hydrogens is 360 g/mol. The Labute approximate surface area is 162 Å². The van der Waals surface area contributed by atoms with Crippen LogP contribution in [0.15, 0.2) is 42.5 Å². The predicted molar refractivity (Wildman–Crippen MR) is 102 cm³/mol. The lowest BCUT2D eigenvalue weighted by molar-refractivity contribution is -0.150. The van der Waals surface area contributed by atoms with Crippen LogP contribution in [0.4, 0.5) is 5.69 Å². The number of carbonyl (C=O) groups is 4. The molecule has 0 aromatic heterocycles. The number of amides is 3. The standard InChI is InChI=1S/C21H20N2O5/c1-12-8-9-17(13(2)10-12)22-18(24)11-28-21(27)14(3)23-19(25)15-6-4-5-7-16(15)20(23)26/h4-10,14H,11H2,1-3H3,(H,22,24)/t14-/m1/s1. The molecule has 1 heterocycles. The van der Waals surface area contributed by atoms with E-state index >= 15 is 0 Å². The van der Waals surface area contributed by atoms with Crippen molar-refractivity contribution in [2.24, 2.45) is 0 Å². The number of aryl methyl sites for hydroxylation is 2.